The first kappa shape index (κ1) is 24.4. The van der Waals surface area contributed by atoms with Crippen molar-refractivity contribution in [1.29, 1.82) is 0 Å². The summed E-state index contributed by atoms with van der Waals surface area (Å²) in [5, 5.41) is 0.748. The number of thiophene rings is 1. The van der Waals surface area contributed by atoms with Crippen LogP contribution in [0.5, 0.6) is 17.2 Å². The highest BCUT2D eigenvalue weighted by Gasteiger charge is 2.22. The van der Waals surface area contributed by atoms with Crippen LogP contribution in [0.25, 0.3) is 20.5 Å². The molecule has 0 aliphatic carbocycles. The Morgan fingerprint density at radius 1 is 0.800 bits per heavy atom. The Kier molecular flexibility index (Phi) is 7.48. The van der Waals surface area contributed by atoms with Crippen LogP contribution in [0.2, 0.25) is 0 Å². The number of ketones is 1. The molecule has 178 valence electrons. The molecule has 0 saturated heterocycles. The molecule has 0 atom stereocenters. The van der Waals surface area contributed by atoms with Crippen molar-refractivity contribution >= 4 is 50.7 Å². The van der Waals surface area contributed by atoms with Crippen molar-refractivity contribution in [3.8, 4) is 27.7 Å². The Morgan fingerprint density at radius 2 is 1.40 bits per heavy atom. The number of hydrogen-bond donors (Lipinski definition) is 0. The zero-order chi connectivity index (χ0) is 24.9. The highest BCUT2D eigenvalue weighted by atomic mass is 35.5. The molecule has 6 nitrogen and oxygen atoms in total. The van der Waals surface area contributed by atoms with E-state index in [1.54, 1.807) is 66.7 Å². The molecule has 3 aromatic carbocycles. The van der Waals surface area contributed by atoms with Crippen LogP contribution in [0, 0.1) is 0 Å². The number of carbonyl (C=O) groups is 3. The number of esters is 2. The fourth-order valence-electron chi connectivity index (χ4n) is 3.58. The van der Waals surface area contributed by atoms with Gasteiger partial charge in [-0.05, 0) is 72.3 Å². The molecule has 0 aliphatic rings. The number of ether oxygens (including phenoxy) is 3. The lowest BCUT2D eigenvalue weighted by atomic mass is 9.97. The van der Waals surface area contributed by atoms with E-state index in [4.69, 9.17) is 25.8 Å². The Bertz CT molecular complexity index is 1390. The van der Waals surface area contributed by atoms with Crippen LogP contribution in [0.3, 0.4) is 0 Å². The minimum Gasteiger partial charge on any atom is -0.492 e. The Balaban J connectivity index is 1.79. The van der Waals surface area contributed by atoms with Gasteiger partial charge in [-0.15, -0.1) is 22.9 Å². The summed E-state index contributed by atoms with van der Waals surface area (Å²) in [7, 11) is 0. The van der Waals surface area contributed by atoms with Crippen LogP contribution in [-0.2, 0) is 9.59 Å². The zero-order valence-corrected chi connectivity index (χ0v) is 20.6. The van der Waals surface area contributed by atoms with E-state index >= 15 is 0 Å². The lowest BCUT2D eigenvalue weighted by Gasteiger charge is -2.08. The quantitative estimate of drug-likeness (QED) is 0.121. The monoisotopic (exact) mass is 508 g/mol. The number of halogens is 1. The van der Waals surface area contributed by atoms with Gasteiger partial charge >= 0.3 is 11.9 Å². The molecule has 4 rings (SSSR count). The summed E-state index contributed by atoms with van der Waals surface area (Å²) >= 11 is 7.09. The Hall–Kier alpha value is -3.68. The number of carbonyl (C=O) groups excluding carboxylic acids is 3. The van der Waals surface area contributed by atoms with E-state index in [-0.39, 0.29) is 5.78 Å². The summed E-state index contributed by atoms with van der Waals surface area (Å²) in [4.78, 5) is 37.1. The van der Waals surface area contributed by atoms with Crippen molar-refractivity contribution in [1.82, 2.24) is 0 Å². The van der Waals surface area contributed by atoms with Crippen molar-refractivity contribution in [2.24, 2.45) is 0 Å². The van der Waals surface area contributed by atoms with Crippen LogP contribution in [0.4, 0.5) is 0 Å². The van der Waals surface area contributed by atoms with Crippen LogP contribution in [0.1, 0.15) is 29.8 Å². The van der Waals surface area contributed by atoms with Gasteiger partial charge in [-0.25, -0.2) is 0 Å². The minimum atomic E-state index is -0.421. The lowest BCUT2D eigenvalue weighted by molar-refractivity contribution is -0.132. The lowest BCUT2D eigenvalue weighted by Crippen LogP contribution is -2.04. The molecule has 0 N–H and O–H groups in total. The average Bonchev–Trinajstić information content (AvgIpc) is 3.21. The molecule has 8 heteroatoms. The van der Waals surface area contributed by atoms with Gasteiger partial charge in [-0.2, -0.15) is 0 Å². The third-order valence-corrected chi connectivity index (χ3v) is 6.35. The van der Waals surface area contributed by atoms with Gasteiger partial charge in [0.2, 0.25) is 0 Å². The molecule has 0 amide bonds. The van der Waals surface area contributed by atoms with Crippen molar-refractivity contribution in [3.05, 3.63) is 77.9 Å². The maximum Gasteiger partial charge on any atom is 0.308 e. The normalized spacial score (nSPS) is 10.7. The molecule has 1 heterocycles. The van der Waals surface area contributed by atoms with Crippen LogP contribution in [-0.4, -0.2) is 30.2 Å². The first-order valence-corrected chi connectivity index (χ1v) is 12.1. The van der Waals surface area contributed by atoms with Crippen LogP contribution in [0.15, 0.2) is 66.7 Å². The summed E-state index contributed by atoms with van der Waals surface area (Å²) in [6.45, 7) is 3.05. The third-order valence-electron chi connectivity index (χ3n) is 4.99. The standard InChI is InChI=1S/C27H21ClO6S/c1-16(29)33-21-9-5-19(6-10-21)27-25(23-12-11-22(34-17(2)30)15-24(23)35-27)26(31)18-3-7-20(8-4-18)32-14-13-28/h3-12,15H,13-14H2,1-2H3. The van der Waals surface area contributed by atoms with Gasteiger partial charge in [0, 0.05) is 39.9 Å². The first-order valence-electron chi connectivity index (χ1n) is 10.7. The molecule has 0 unspecified atom stereocenters. The third kappa shape index (κ3) is 5.70. The second kappa shape index (κ2) is 10.7. The van der Waals surface area contributed by atoms with E-state index in [1.165, 1.54) is 25.2 Å². The summed E-state index contributed by atoms with van der Waals surface area (Å²) in [6, 6.07) is 19.1. The smallest absolute Gasteiger partial charge is 0.308 e. The molecule has 0 saturated carbocycles. The predicted molar refractivity (Wildman–Crippen MR) is 136 cm³/mol. The molecule has 4 aromatic rings. The fourth-order valence-corrected chi connectivity index (χ4v) is 4.89. The number of alkyl halides is 1. The van der Waals surface area contributed by atoms with Crippen LogP contribution >= 0.6 is 22.9 Å². The van der Waals surface area contributed by atoms with E-state index in [9.17, 15) is 14.4 Å². The summed E-state index contributed by atoms with van der Waals surface area (Å²) < 4.78 is 16.7. The van der Waals surface area contributed by atoms with Crippen molar-refractivity contribution in [2.45, 2.75) is 13.8 Å². The molecule has 0 radical (unpaired) electrons. The summed E-state index contributed by atoms with van der Waals surface area (Å²) in [5.41, 5.74) is 1.83. The van der Waals surface area contributed by atoms with Crippen molar-refractivity contribution in [2.75, 3.05) is 12.5 Å². The molecule has 35 heavy (non-hydrogen) atoms. The van der Waals surface area contributed by atoms with E-state index < -0.39 is 11.9 Å². The maximum atomic E-state index is 13.7. The molecule has 0 fully saturated rings. The van der Waals surface area contributed by atoms with E-state index in [1.807, 2.05) is 0 Å². The molecule has 1 aromatic heterocycles. The second-order valence-corrected chi connectivity index (χ2v) is 9.00. The van der Waals surface area contributed by atoms with Gasteiger partial charge in [0.05, 0.1) is 5.88 Å². The number of hydrogen-bond acceptors (Lipinski definition) is 7. The SMILES string of the molecule is CC(=O)Oc1ccc(-c2sc3cc(OC(C)=O)ccc3c2C(=O)c2ccc(OCCCl)cc2)cc1. The largest absolute Gasteiger partial charge is 0.492 e. The van der Waals surface area contributed by atoms with E-state index in [2.05, 4.69) is 0 Å². The first-order chi connectivity index (χ1) is 16.9. The summed E-state index contributed by atoms with van der Waals surface area (Å²) in [5.74, 6) is 0.838. The Morgan fingerprint density at radius 3 is 2.03 bits per heavy atom. The highest BCUT2D eigenvalue weighted by Crippen LogP contribution is 2.41. The Labute approximate surface area is 211 Å². The number of fused-ring (bicyclic) bond motifs is 1. The molecule has 0 aliphatic heterocycles. The van der Waals surface area contributed by atoms with Gasteiger partial charge in [-0.1, -0.05) is 0 Å². The van der Waals surface area contributed by atoms with Gasteiger partial charge in [0.1, 0.15) is 23.9 Å². The van der Waals surface area contributed by atoms with Gasteiger partial charge < -0.3 is 14.2 Å². The van der Waals surface area contributed by atoms with Crippen LogP contribution < -0.4 is 14.2 Å². The van der Waals surface area contributed by atoms with Crippen molar-refractivity contribution < 1.29 is 28.6 Å². The van der Waals surface area contributed by atoms with E-state index in [0.29, 0.717) is 40.9 Å². The van der Waals surface area contributed by atoms with Crippen molar-refractivity contribution in [3.63, 3.8) is 0 Å². The second-order valence-electron chi connectivity index (χ2n) is 7.57. The molecule has 0 spiro atoms. The zero-order valence-electron chi connectivity index (χ0n) is 19.0. The maximum absolute atomic E-state index is 13.7. The van der Waals surface area contributed by atoms with E-state index in [0.717, 1.165) is 20.5 Å². The minimum absolute atomic E-state index is 0.153. The van der Waals surface area contributed by atoms with Gasteiger partial charge in [0.25, 0.3) is 0 Å². The molecular weight excluding hydrogens is 488 g/mol. The molecule has 0 bridgehead atoms. The number of benzene rings is 3. The summed E-state index contributed by atoms with van der Waals surface area (Å²) in [6.07, 6.45) is 0. The predicted octanol–water partition coefficient (Wildman–Crippen LogP) is 6.27. The highest BCUT2D eigenvalue weighted by molar-refractivity contribution is 7.22. The topological polar surface area (TPSA) is 78.9 Å². The fraction of sp³-hybridized carbons (Fsp3) is 0.148. The molecular formula is C27H21ClO6S. The number of rotatable bonds is 8. The van der Waals surface area contributed by atoms with Gasteiger partial charge in [0.15, 0.2) is 5.78 Å². The van der Waals surface area contributed by atoms with Gasteiger partial charge in [-0.3, -0.25) is 14.4 Å². The average molecular weight is 509 g/mol.